The smallest absolute Gasteiger partial charge is 0.187 e. The Morgan fingerprint density at radius 2 is 1.48 bits per heavy atom. The second-order valence-electron chi connectivity index (χ2n) is 20.6. The Kier molecular flexibility index (Phi) is 12.2. The first kappa shape index (κ1) is 44.3. The van der Waals surface area contributed by atoms with Crippen molar-refractivity contribution < 1.29 is 78.7 Å². The Morgan fingerprint density at radius 1 is 0.733 bits per heavy atom. The number of aliphatic hydroxyl groups excluding tert-OH is 8. The van der Waals surface area contributed by atoms with E-state index < -0.39 is 98.4 Å². The number of hydrogen-bond donors (Lipinski definition) is 8. The molecule has 8 N–H and O–H groups in total. The van der Waals surface area contributed by atoms with E-state index in [2.05, 4.69) is 33.8 Å². The number of ether oxygens (including phenoxy) is 8. The van der Waals surface area contributed by atoms with Crippen molar-refractivity contribution in [3.05, 3.63) is 11.6 Å². The van der Waals surface area contributed by atoms with E-state index in [0.29, 0.717) is 48.3 Å². The van der Waals surface area contributed by atoms with Crippen molar-refractivity contribution in [2.75, 3.05) is 19.8 Å². The number of fused-ring (bicyclic) bond motifs is 7. The van der Waals surface area contributed by atoms with E-state index in [1.807, 2.05) is 0 Å². The summed E-state index contributed by atoms with van der Waals surface area (Å²) in [4.78, 5) is 0. The molecule has 4 aliphatic carbocycles. The van der Waals surface area contributed by atoms with Crippen LogP contribution in [0.2, 0.25) is 0 Å². The highest BCUT2D eigenvalue weighted by atomic mass is 16.8. The van der Waals surface area contributed by atoms with Crippen LogP contribution in [0.3, 0.4) is 0 Å². The van der Waals surface area contributed by atoms with E-state index >= 15 is 0 Å². The van der Waals surface area contributed by atoms with Crippen LogP contribution in [0.25, 0.3) is 0 Å². The van der Waals surface area contributed by atoms with E-state index in [4.69, 9.17) is 37.9 Å². The van der Waals surface area contributed by atoms with Crippen LogP contribution < -0.4 is 0 Å². The fraction of sp³-hybridized carbons (Fsp3) is 0.955. The lowest BCUT2D eigenvalue weighted by Gasteiger charge is -2.59. The molecule has 5 aliphatic heterocycles. The van der Waals surface area contributed by atoms with Gasteiger partial charge in [0, 0.05) is 12.3 Å². The molecule has 60 heavy (non-hydrogen) atoms. The second kappa shape index (κ2) is 16.5. The molecule has 16 nitrogen and oxygen atoms in total. The molecule has 0 amide bonds. The number of aliphatic hydroxyl groups is 8. The average molecular weight is 855 g/mol. The van der Waals surface area contributed by atoms with Crippen LogP contribution in [-0.2, 0) is 37.9 Å². The van der Waals surface area contributed by atoms with Crippen LogP contribution >= 0.6 is 0 Å². The number of rotatable bonds is 7. The van der Waals surface area contributed by atoms with E-state index in [0.717, 1.165) is 45.1 Å². The van der Waals surface area contributed by atoms with Crippen LogP contribution in [0.5, 0.6) is 0 Å². The van der Waals surface area contributed by atoms with Crippen LogP contribution in [-0.4, -0.2) is 165 Å². The van der Waals surface area contributed by atoms with Gasteiger partial charge in [-0.15, -0.1) is 0 Å². The Balaban J connectivity index is 0.932. The van der Waals surface area contributed by atoms with E-state index in [1.54, 1.807) is 0 Å². The lowest BCUT2D eigenvalue weighted by atomic mass is 9.47. The van der Waals surface area contributed by atoms with Crippen LogP contribution in [0.1, 0.15) is 92.4 Å². The molecule has 342 valence electrons. The zero-order valence-electron chi connectivity index (χ0n) is 35.6. The van der Waals surface area contributed by atoms with Gasteiger partial charge in [-0.25, -0.2) is 0 Å². The summed E-state index contributed by atoms with van der Waals surface area (Å²) in [6.45, 7) is 10.9. The monoisotopic (exact) mass is 854 g/mol. The normalized spacial score (nSPS) is 57.9. The van der Waals surface area contributed by atoms with Crippen molar-refractivity contribution in [2.24, 2.45) is 46.3 Å². The van der Waals surface area contributed by atoms with Gasteiger partial charge >= 0.3 is 0 Å². The Morgan fingerprint density at radius 3 is 2.22 bits per heavy atom. The van der Waals surface area contributed by atoms with Gasteiger partial charge in [-0.1, -0.05) is 39.3 Å². The minimum atomic E-state index is -1.72. The molecule has 3 saturated carbocycles. The molecule has 5 saturated heterocycles. The number of hydrogen-bond acceptors (Lipinski definition) is 16. The molecule has 0 unspecified atom stereocenters. The lowest BCUT2D eigenvalue weighted by molar-refractivity contribution is -0.390. The third-order valence-electron chi connectivity index (χ3n) is 17.3. The summed E-state index contributed by atoms with van der Waals surface area (Å²) in [5.74, 6) is 2.62. The average Bonchev–Trinajstić information content (AvgIpc) is 3.68. The van der Waals surface area contributed by atoms with Crippen molar-refractivity contribution in [2.45, 2.75) is 196 Å². The molecule has 0 aromatic carbocycles. The van der Waals surface area contributed by atoms with E-state index in [9.17, 15) is 40.9 Å². The molecule has 8 fully saturated rings. The van der Waals surface area contributed by atoms with Gasteiger partial charge in [0.15, 0.2) is 24.7 Å². The highest BCUT2D eigenvalue weighted by Gasteiger charge is 2.69. The predicted molar refractivity (Wildman–Crippen MR) is 208 cm³/mol. The second-order valence-corrected chi connectivity index (χ2v) is 20.6. The van der Waals surface area contributed by atoms with E-state index in [1.165, 1.54) is 18.9 Å². The summed E-state index contributed by atoms with van der Waals surface area (Å²) in [6, 6.07) is 0. The molecule has 9 aliphatic rings. The molecule has 9 rings (SSSR count). The molecule has 0 aromatic rings. The van der Waals surface area contributed by atoms with Gasteiger partial charge in [0.05, 0.1) is 38.1 Å². The van der Waals surface area contributed by atoms with Gasteiger partial charge in [0.2, 0.25) is 0 Å². The third kappa shape index (κ3) is 7.19. The summed E-state index contributed by atoms with van der Waals surface area (Å²) in [6.07, 6.45) is -9.49. The fourth-order valence-electron chi connectivity index (χ4n) is 13.7. The summed E-state index contributed by atoms with van der Waals surface area (Å²) in [7, 11) is 0. The first-order chi connectivity index (χ1) is 28.5. The van der Waals surface area contributed by atoms with E-state index in [-0.39, 0.29) is 29.6 Å². The molecule has 5 heterocycles. The minimum absolute atomic E-state index is 0.0239. The minimum Gasteiger partial charge on any atom is -0.394 e. The molecular formula is C44H70O16. The van der Waals surface area contributed by atoms with Crippen LogP contribution in [0.15, 0.2) is 11.6 Å². The Bertz CT molecular complexity index is 1560. The van der Waals surface area contributed by atoms with Crippen molar-refractivity contribution in [1.82, 2.24) is 0 Å². The molecule has 0 bridgehead atoms. The van der Waals surface area contributed by atoms with Crippen molar-refractivity contribution >= 4 is 0 Å². The third-order valence-corrected chi connectivity index (χ3v) is 17.3. The van der Waals surface area contributed by atoms with Gasteiger partial charge in [-0.3, -0.25) is 0 Å². The van der Waals surface area contributed by atoms with Crippen molar-refractivity contribution in [1.29, 1.82) is 0 Å². The van der Waals surface area contributed by atoms with Crippen LogP contribution in [0.4, 0.5) is 0 Å². The maximum absolute atomic E-state index is 11.5. The molecule has 25 atom stereocenters. The highest BCUT2D eigenvalue weighted by Crippen LogP contribution is 2.70. The zero-order valence-corrected chi connectivity index (χ0v) is 35.6. The maximum Gasteiger partial charge on any atom is 0.187 e. The van der Waals surface area contributed by atoms with Gasteiger partial charge < -0.3 is 78.7 Å². The van der Waals surface area contributed by atoms with Gasteiger partial charge in [0.1, 0.15) is 61.0 Å². The topological polar surface area (TPSA) is 236 Å². The van der Waals surface area contributed by atoms with Crippen LogP contribution in [0, 0.1) is 46.3 Å². The highest BCUT2D eigenvalue weighted by molar-refractivity contribution is 5.26. The predicted octanol–water partition coefficient (Wildman–Crippen LogP) is 0.853. The summed E-state index contributed by atoms with van der Waals surface area (Å²) in [5, 5.41) is 85.1. The molecule has 1 spiro atoms. The Hall–Kier alpha value is -0.900. The first-order valence-corrected chi connectivity index (χ1v) is 22.8. The maximum atomic E-state index is 11.5. The summed E-state index contributed by atoms with van der Waals surface area (Å²) >= 11 is 0. The molecule has 0 radical (unpaired) electrons. The quantitative estimate of drug-likeness (QED) is 0.166. The molecule has 16 heteroatoms. The first-order valence-electron chi connectivity index (χ1n) is 22.8. The fourth-order valence-corrected chi connectivity index (χ4v) is 13.7. The molecular weight excluding hydrogens is 784 g/mol. The Labute approximate surface area is 352 Å². The van der Waals surface area contributed by atoms with Gasteiger partial charge in [-0.05, 0) is 98.7 Å². The van der Waals surface area contributed by atoms with Crippen molar-refractivity contribution in [3.8, 4) is 0 Å². The standard InChI is InChI=1S/C44H70O16/c1-19-8-13-44(54-17-19)20(2)30-28(60-44)15-26-24-7-6-22-14-23(9-11-42(22,4)25(24)10-12-43(26,30)5)56-41-38(59-40-36(52)34(50)31(47)21(3)55-40)37(33(49)29(16-45)57-41)58-39-35(51)32(48)27(46)18-53-39/h6,19-21,23-41,45-52H,7-18H2,1-5H3/t19-,20-,21-,23-,24+,25-,26-,27+,28-,29+,30-,31-,32-,33+,34+,35+,36+,37-,38+,39-,40-,41+,42-,43-,44+/m1/s1. The molecule has 0 aromatic heterocycles. The zero-order chi connectivity index (χ0) is 42.6. The summed E-state index contributed by atoms with van der Waals surface area (Å²) < 4.78 is 50.1. The summed E-state index contributed by atoms with van der Waals surface area (Å²) in [5.41, 5.74) is 1.52. The van der Waals surface area contributed by atoms with Gasteiger partial charge in [-0.2, -0.15) is 0 Å². The lowest BCUT2D eigenvalue weighted by Crippen LogP contribution is -2.66. The SMILES string of the molecule is C[C@@H]1CC[C@]2(OC1)O[C@@H]1C[C@@H]3[C@H]4CC=C5C[C@H](O[C@H]6O[C@@H](CO)[C@H](O)[C@@H](O[C@H]7OC[C@H](O)[C@@H](O)[C@@H]7O)[C@@H]6O[C@H]6O[C@H](C)[C@@H](O)[C@H](O)[C@@H]6O)CC[C@@]5(C)[C@@H]4CC[C@@]3(C)[C@@H]1[C@H]2C. The number of allylic oxidation sites excluding steroid dienone is 1. The van der Waals surface area contributed by atoms with Gasteiger partial charge in [0.25, 0.3) is 0 Å². The van der Waals surface area contributed by atoms with Crippen molar-refractivity contribution in [3.63, 3.8) is 0 Å². The largest absolute Gasteiger partial charge is 0.394 e.